The van der Waals surface area contributed by atoms with E-state index in [2.05, 4.69) is 15.6 Å². The van der Waals surface area contributed by atoms with E-state index < -0.39 is 0 Å². The summed E-state index contributed by atoms with van der Waals surface area (Å²) in [5, 5.41) is 6.17. The van der Waals surface area contributed by atoms with E-state index in [-0.39, 0.29) is 18.4 Å². The Morgan fingerprint density at radius 2 is 1.73 bits per heavy atom. The van der Waals surface area contributed by atoms with E-state index in [0.717, 1.165) is 11.0 Å². The van der Waals surface area contributed by atoms with Crippen molar-refractivity contribution in [3.63, 3.8) is 0 Å². The molecule has 2 N–H and O–H groups in total. The highest BCUT2D eigenvalue weighted by Gasteiger charge is 2.16. The lowest BCUT2D eigenvalue weighted by Crippen LogP contribution is -2.27. The summed E-state index contributed by atoms with van der Waals surface area (Å²) in [6, 6.07) is 21.8. The van der Waals surface area contributed by atoms with Crippen LogP contribution < -0.4 is 15.4 Å². The Bertz CT molecular complexity index is 1300. The van der Waals surface area contributed by atoms with Gasteiger partial charge in [-0.2, -0.15) is 0 Å². The number of nitrogens with zero attached hydrogens (tertiary/aromatic N) is 2. The van der Waals surface area contributed by atoms with Crippen molar-refractivity contribution < 1.29 is 14.3 Å². The number of ether oxygens (including phenoxy) is 1. The van der Waals surface area contributed by atoms with Gasteiger partial charge in [0, 0.05) is 13.0 Å². The number of carbonyl (C=O) groups is 2. The second-order valence-corrected chi connectivity index (χ2v) is 7.74. The molecule has 0 aliphatic heterocycles. The predicted octanol–water partition coefficient (Wildman–Crippen LogP) is 4.31. The average Bonchev–Trinajstić information content (AvgIpc) is 3.16. The first-order chi connectivity index (χ1) is 16.1. The zero-order valence-electron chi connectivity index (χ0n) is 18.0. The minimum absolute atomic E-state index is 0.0757. The van der Waals surface area contributed by atoms with Crippen LogP contribution >= 0.6 is 11.6 Å². The molecule has 0 atom stereocenters. The number of para-hydroxylation sites is 4. The third kappa shape index (κ3) is 5.15. The molecule has 0 saturated carbocycles. The zero-order valence-corrected chi connectivity index (χ0v) is 18.8. The SMILES string of the molecule is COc1ccccc1NC(=O)Cn1c(CCNC(=O)c2ccccc2Cl)nc2ccccc21. The first-order valence-corrected chi connectivity index (χ1v) is 10.8. The van der Waals surface area contributed by atoms with Crippen LogP contribution in [0.4, 0.5) is 5.69 Å². The molecule has 2 amide bonds. The van der Waals surface area contributed by atoms with Crippen LogP contribution in [0.3, 0.4) is 0 Å². The van der Waals surface area contributed by atoms with Crippen LogP contribution in [0.25, 0.3) is 11.0 Å². The summed E-state index contributed by atoms with van der Waals surface area (Å²) < 4.78 is 7.18. The third-order valence-corrected chi connectivity index (χ3v) is 5.50. The lowest BCUT2D eigenvalue weighted by Gasteiger charge is -2.12. The van der Waals surface area contributed by atoms with Gasteiger partial charge in [-0.05, 0) is 36.4 Å². The molecule has 0 fully saturated rings. The van der Waals surface area contributed by atoms with E-state index in [9.17, 15) is 9.59 Å². The summed E-state index contributed by atoms with van der Waals surface area (Å²) in [4.78, 5) is 30.0. The molecule has 7 nitrogen and oxygen atoms in total. The first kappa shape index (κ1) is 22.4. The summed E-state index contributed by atoms with van der Waals surface area (Å²) in [5.41, 5.74) is 2.65. The number of benzene rings is 3. The lowest BCUT2D eigenvalue weighted by atomic mass is 10.2. The summed E-state index contributed by atoms with van der Waals surface area (Å²) in [6.45, 7) is 0.424. The maximum Gasteiger partial charge on any atom is 0.252 e. The van der Waals surface area contributed by atoms with Crippen molar-refractivity contribution in [2.24, 2.45) is 0 Å². The molecule has 0 bridgehead atoms. The molecule has 3 aromatic carbocycles. The fraction of sp³-hybridized carbons (Fsp3) is 0.160. The van der Waals surface area contributed by atoms with Crippen LogP contribution in [0, 0.1) is 0 Å². The molecule has 1 heterocycles. The van der Waals surface area contributed by atoms with Crippen molar-refractivity contribution in [2.75, 3.05) is 19.0 Å². The Labute approximate surface area is 196 Å². The van der Waals surface area contributed by atoms with Crippen LogP contribution in [0.1, 0.15) is 16.2 Å². The van der Waals surface area contributed by atoms with Gasteiger partial charge >= 0.3 is 0 Å². The fourth-order valence-electron chi connectivity index (χ4n) is 3.60. The van der Waals surface area contributed by atoms with Crippen LogP contribution in [0.2, 0.25) is 5.02 Å². The molecule has 4 rings (SSSR count). The minimum Gasteiger partial charge on any atom is -0.495 e. The molecule has 0 saturated heterocycles. The van der Waals surface area contributed by atoms with Crippen molar-refractivity contribution in [1.82, 2.24) is 14.9 Å². The summed E-state index contributed by atoms with van der Waals surface area (Å²) >= 11 is 6.11. The number of aromatic nitrogens is 2. The van der Waals surface area contributed by atoms with Gasteiger partial charge in [0.15, 0.2) is 0 Å². The molecule has 1 aromatic heterocycles. The Balaban J connectivity index is 1.49. The summed E-state index contributed by atoms with van der Waals surface area (Å²) in [5.74, 6) is 0.830. The van der Waals surface area contributed by atoms with Gasteiger partial charge in [0.1, 0.15) is 18.1 Å². The Hall–Kier alpha value is -3.84. The van der Waals surface area contributed by atoms with E-state index in [1.165, 1.54) is 0 Å². The maximum atomic E-state index is 12.8. The number of imidazole rings is 1. The lowest BCUT2D eigenvalue weighted by molar-refractivity contribution is -0.116. The normalized spacial score (nSPS) is 10.7. The first-order valence-electron chi connectivity index (χ1n) is 10.5. The molecular formula is C25H23ClN4O3. The smallest absolute Gasteiger partial charge is 0.252 e. The van der Waals surface area contributed by atoms with Crippen molar-refractivity contribution in [3.8, 4) is 5.75 Å². The summed E-state index contributed by atoms with van der Waals surface area (Å²) in [6.07, 6.45) is 0.451. The molecule has 0 aliphatic carbocycles. The number of amides is 2. The highest BCUT2D eigenvalue weighted by molar-refractivity contribution is 6.33. The summed E-state index contributed by atoms with van der Waals surface area (Å²) in [7, 11) is 1.56. The van der Waals surface area contributed by atoms with Crippen molar-refractivity contribution in [3.05, 3.63) is 89.2 Å². The van der Waals surface area contributed by atoms with Gasteiger partial charge in [0.25, 0.3) is 5.91 Å². The number of fused-ring (bicyclic) bond motifs is 1. The zero-order chi connectivity index (χ0) is 23.2. The van der Waals surface area contributed by atoms with Gasteiger partial charge in [0.05, 0.1) is 34.4 Å². The number of anilines is 1. The van der Waals surface area contributed by atoms with Crippen molar-refractivity contribution >= 4 is 40.1 Å². The third-order valence-electron chi connectivity index (χ3n) is 5.17. The fourth-order valence-corrected chi connectivity index (χ4v) is 3.82. The Kier molecular flexibility index (Phi) is 6.90. The molecule has 0 spiro atoms. The largest absolute Gasteiger partial charge is 0.495 e. The maximum absolute atomic E-state index is 12.8. The molecule has 4 aromatic rings. The minimum atomic E-state index is -0.253. The van der Waals surface area contributed by atoms with Gasteiger partial charge < -0.3 is 19.9 Å². The van der Waals surface area contributed by atoms with Crippen LogP contribution in [0.15, 0.2) is 72.8 Å². The molecular weight excluding hydrogens is 440 g/mol. The monoisotopic (exact) mass is 462 g/mol. The van der Waals surface area contributed by atoms with Crippen LogP contribution in [0.5, 0.6) is 5.75 Å². The van der Waals surface area contributed by atoms with Gasteiger partial charge in [-0.15, -0.1) is 0 Å². The van der Waals surface area contributed by atoms with Gasteiger partial charge in [-0.25, -0.2) is 4.98 Å². The molecule has 33 heavy (non-hydrogen) atoms. The van der Waals surface area contributed by atoms with Crippen LogP contribution in [-0.4, -0.2) is 35.0 Å². The Morgan fingerprint density at radius 3 is 2.55 bits per heavy atom. The Morgan fingerprint density at radius 1 is 1.00 bits per heavy atom. The van der Waals surface area contributed by atoms with E-state index in [1.807, 2.05) is 41.0 Å². The van der Waals surface area contributed by atoms with E-state index in [0.29, 0.717) is 40.8 Å². The highest BCUT2D eigenvalue weighted by atomic mass is 35.5. The topological polar surface area (TPSA) is 85.2 Å². The quantitative estimate of drug-likeness (QED) is 0.408. The van der Waals surface area contributed by atoms with E-state index >= 15 is 0 Å². The van der Waals surface area contributed by atoms with Crippen molar-refractivity contribution in [2.45, 2.75) is 13.0 Å². The second-order valence-electron chi connectivity index (χ2n) is 7.34. The average molecular weight is 463 g/mol. The highest BCUT2D eigenvalue weighted by Crippen LogP contribution is 2.23. The molecule has 0 radical (unpaired) electrons. The predicted molar refractivity (Wildman–Crippen MR) is 129 cm³/mol. The van der Waals surface area contributed by atoms with Gasteiger partial charge in [0.2, 0.25) is 5.91 Å². The number of halogens is 1. The molecule has 0 aliphatic rings. The van der Waals surface area contributed by atoms with E-state index in [4.69, 9.17) is 16.3 Å². The van der Waals surface area contributed by atoms with Crippen LogP contribution in [-0.2, 0) is 17.8 Å². The molecule has 0 unspecified atom stereocenters. The van der Waals surface area contributed by atoms with Crippen molar-refractivity contribution in [1.29, 1.82) is 0 Å². The molecule has 8 heteroatoms. The number of rotatable bonds is 8. The number of hydrogen-bond donors (Lipinski definition) is 2. The number of carbonyl (C=O) groups excluding carboxylic acids is 2. The second kappa shape index (κ2) is 10.2. The number of methoxy groups -OCH3 is 1. The standard InChI is InChI=1S/C25H23ClN4O3/c1-33-22-13-7-5-11-20(22)29-24(31)16-30-21-12-6-4-10-19(21)28-23(30)14-15-27-25(32)17-8-2-3-9-18(17)26/h2-13H,14-16H2,1H3,(H,27,32)(H,29,31). The number of nitrogens with one attached hydrogen (secondary N) is 2. The molecule has 168 valence electrons. The number of hydrogen-bond acceptors (Lipinski definition) is 4. The van der Waals surface area contributed by atoms with Gasteiger partial charge in [-0.3, -0.25) is 9.59 Å². The van der Waals surface area contributed by atoms with Gasteiger partial charge in [-0.1, -0.05) is 48.0 Å². The van der Waals surface area contributed by atoms with E-state index in [1.54, 1.807) is 43.5 Å².